The number of hydrogen-bond acceptors (Lipinski definition) is 5. The van der Waals surface area contributed by atoms with Crippen molar-refractivity contribution in [2.45, 2.75) is 25.8 Å². The summed E-state index contributed by atoms with van der Waals surface area (Å²) in [6.45, 7) is 2.55. The molecule has 1 amide bonds. The number of nitrogens with one attached hydrogen (secondary N) is 1. The Morgan fingerprint density at radius 1 is 1.12 bits per heavy atom. The van der Waals surface area contributed by atoms with Gasteiger partial charge in [-0.05, 0) is 51.0 Å². The Kier molecular flexibility index (Phi) is 6.73. The molecule has 0 bridgehead atoms. The Bertz CT molecular complexity index is 554. The van der Waals surface area contributed by atoms with Crippen molar-refractivity contribution in [3.05, 3.63) is 17.7 Å². The molecule has 1 aliphatic heterocycles. The molecule has 0 unspecified atom stereocenters. The standard InChI is InChI=1S/C18H28N2O4/c1-20-9-7-13(8-10-20)11-16(21)19-12-14-5-6-15(22-2)18(24-4)17(14)23-3/h5-6,13H,7-12H2,1-4H3,(H,19,21). The average Bonchev–Trinajstić information content (AvgIpc) is 2.60. The van der Waals surface area contributed by atoms with Crippen LogP contribution in [0.1, 0.15) is 24.8 Å². The first-order valence-corrected chi connectivity index (χ1v) is 8.32. The van der Waals surface area contributed by atoms with E-state index in [1.165, 1.54) is 0 Å². The molecule has 0 aliphatic carbocycles. The number of amides is 1. The number of nitrogens with zero attached hydrogens (tertiary/aromatic N) is 1. The minimum absolute atomic E-state index is 0.0846. The van der Waals surface area contributed by atoms with Crippen LogP contribution in [0.2, 0.25) is 0 Å². The molecule has 0 saturated carbocycles. The smallest absolute Gasteiger partial charge is 0.220 e. The van der Waals surface area contributed by atoms with Gasteiger partial charge in [-0.15, -0.1) is 0 Å². The van der Waals surface area contributed by atoms with Crippen molar-refractivity contribution in [2.24, 2.45) is 5.92 Å². The van der Waals surface area contributed by atoms with Crippen molar-refractivity contribution in [1.82, 2.24) is 10.2 Å². The van der Waals surface area contributed by atoms with Crippen LogP contribution < -0.4 is 19.5 Å². The van der Waals surface area contributed by atoms with Gasteiger partial charge in [-0.3, -0.25) is 4.79 Å². The Morgan fingerprint density at radius 3 is 2.38 bits per heavy atom. The van der Waals surface area contributed by atoms with Gasteiger partial charge in [0.25, 0.3) is 0 Å². The summed E-state index contributed by atoms with van der Waals surface area (Å²) in [5.74, 6) is 2.31. The molecule has 1 aromatic rings. The summed E-state index contributed by atoms with van der Waals surface area (Å²) in [4.78, 5) is 14.5. The second kappa shape index (κ2) is 8.78. The van der Waals surface area contributed by atoms with Gasteiger partial charge in [0.15, 0.2) is 11.5 Å². The fraction of sp³-hybridized carbons (Fsp3) is 0.611. The Hall–Kier alpha value is -1.95. The van der Waals surface area contributed by atoms with Gasteiger partial charge in [0.05, 0.1) is 21.3 Å². The second-order valence-corrected chi connectivity index (χ2v) is 6.22. The summed E-state index contributed by atoms with van der Waals surface area (Å²) in [5.41, 5.74) is 0.867. The SMILES string of the molecule is COc1ccc(CNC(=O)CC2CCN(C)CC2)c(OC)c1OC. The van der Waals surface area contributed by atoms with E-state index in [1.807, 2.05) is 12.1 Å². The van der Waals surface area contributed by atoms with Crippen LogP contribution in [-0.2, 0) is 11.3 Å². The predicted molar refractivity (Wildman–Crippen MR) is 92.8 cm³/mol. The van der Waals surface area contributed by atoms with Gasteiger partial charge in [0.2, 0.25) is 11.7 Å². The molecule has 1 N–H and O–H groups in total. The molecule has 0 radical (unpaired) electrons. The first-order chi connectivity index (χ1) is 11.6. The highest BCUT2D eigenvalue weighted by molar-refractivity contribution is 5.76. The molecule has 1 fully saturated rings. The number of piperidine rings is 1. The van der Waals surface area contributed by atoms with Crippen LogP contribution in [0.3, 0.4) is 0 Å². The first-order valence-electron chi connectivity index (χ1n) is 8.32. The molecule has 1 aliphatic rings. The highest BCUT2D eigenvalue weighted by Gasteiger charge is 2.20. The van der Waals surface area contributed by atoms with Crippen molar-refractivity contribution in [1.29, 1.82) is 0 Å². The molecule has 6 nitrogen and oxygen atoms in total. The second-order valence-electron chi connectivity index (χ2n) is 6.22. The summed E-state index contributed by atoms with van der Waals surface area (Å²) in [6.07, 6.45) is 2.76. The molecule has 1 aromatic carbocycles. The van der Waals surface area contributed by atoms with Crippen LogP contribution in [0.4, 0.5) is 0 Å². The third kappa shape index (κ3) is 4.54. The number of benzene rings is 1. The molecule has 0 aromatic heterocycles. The zero-order chi connectivity index (χ0) is 17.5. The van der Waals surface area contributed by atoms with Crippen molar-refractivity contribution in [3.63, 3.8) is 0 Å². The van der Waals surface area contributed by atoms with Crippen LogP contribution in [0.25, 0.3) is 0 Å². The van der Waals surface area contributed by atoms with Gasteiger partial charge < -0.3 is 24.4 Å². The van der Waals surface area contributed by atoms with Gasteiger partial charge >= 0.3 is 0 Å². The van der Waals surface area contributed by atoms with E-state index in [0.29, 0.717) is 36.1 Å². The maximum atomic E-state index is 12.2. The molecule has 1 saturated heterocycles. The summed E-state index contributed by atoms with van der Waals surface area (Å²) in [6, 6.07) is 3.70. The topological polar surface area (TPSA) is 60.0 Å². The Labute approximate surface area is 144 Å². The molecule has 134 valence electrons. The normalized spacial score (nSPS) is 15.8. The van der Waals surface area contributed by atoms with Crippen LogP contribution in [0.5, 0.6) is 17.2 Å². The highest BCUT2D eigenvalue weighted by atomic mass is 16.5. The van der Waals surface area contributed by atoms with Crippen molar-refractivity contribution in [2.75, 3.05) is 41.5 Å². The summed E-state index contributed by atoms with van der Waals surface area (Å²) >= 11 is 0. The van der Waals surface area contributed by atoms with Gasteiger partial charge in [0.1, 0.15) is 0 Å². The van der Waals surface area contributed by atoms with Crippen molar-refractivity contribution < 1.29 is 19.0 Å². The molecule has 0 atom stereocenters. The number of likely N-dealkylation sites (tertiary alicyclic amines) is 1. The third-order valence-electron chi connectivity index (χ3n) is 4.57. The third-order valence-corrected chi connectivity index (χ3v) is 4.57. The largest absolute Gasteiger partial charge is 0.493 e. The van der Waals surface area contributed by atoms with E-state index in [4.69, 9.17) is 14.2 Å². The molecule has 1 heterocycles. The molecule has 24 heavy (non-hydrogen) atoms. The van der Waals surface area contributed by atoms with Crippen molar-refractivity contribution >= 4 is 5.91 Å². The van der Waals surface area contributed by atoms with Gasteiger partial charge in [-0.1, -0.05) is 0 Å². The molecule has 6 heteroatoms. The van der Waals surface area contributed by atoms with E-state index in [-0.39, 0.29) is 5.91 Å². The van der Waals surface area contributed by atoms with Crippen LogP contribution in [0, 0.1) is 5.92 Å². The maximum absolute atomic E-state index is 12.2. The quantitative estimate of drug-likeness (QED) is 0.826. The highest BCUT2D eigenvalue weighted by Crippen LogP contribution is 2.39. The Morgan fingerprint density at radius 2 is 1.79 bits per heavy atom. The molecular formula is C18H28N2O4. The van der Waals surface area contributed by atoms with Gasteiger partial charge in [-0.2, -0.15) is 0 Å². The molecule has 2 rings (SSSR count). The number of methoxy groups -OCH3 is 3. The number of hydrogen-bond donors (Lipinski definition) is 1. The van der Waals surface area contributed by atoms with E-state index in [2.05, 4.69) is 17.3 Å². The number of rotatable bonds is 7. The van der Waals surface area contributed by atoms with Crippen molar-refractivity contribution in [3.8, 4) is 17.2 Å². The average molecular weight is 336 g/mol. The lowest BCUT2D eigenvalue weighted by molar-refractivity contribution is -0.122. The minimum atomic E-state index is 0.0846. The summed E-state index contributed by atoms with van der Waals surface area (Å²) in [5, 5.41) is 2.99. The number of carbonyl (C=O) groups excluding carboxylic acids is 1. The van der Waals surface area contributed by atoms with Crippen LogP contribution in [-0.4, -0.2) is 52.3 Å². The zero-order valence-corrected chi connectivity index (χ0v) is 15.1. The zero-order valence-electron chi connectivity index (χ0n) is 15.1. The number of ether oxygens (including phenoxy) is 3. The first kappa shape index (κ1) is 18.4. The minimum Gasteiger partial charge on any atom is -0.493 e. The van der Waals surface area contributed by atoms with Crippen LogP contribution >= 0.6 is 0 Å². The van der Waals surface area contributed by atoms with Gasteiger partial charge in [-0.25, -0.2) is 0 Å². The fourth-order valence-electron chi connectivity index (χ4n) is 3.10. The lowest BCUT2D eigenvalue weighted by atomic mass is 9.93. The van der Waals surface area contributed by atoms with Crippen LogP contribution in [0.15, 0.2) is 12.1 Å². The molecule has 0 spiro atoms. The van der Waals surface area contributed by atoms with E-state index in [1.54, 1.807) is 21.3 Å². The summed E-state index contributed by atoms with van der Waals surface area (Å²) < 4.78 is 16.1. The Balaban J connectivity index is 1.94. The molecular weight excluding hydrogens is 308 g/mol. The monoisotopic (exact) mass is 336 g/mol. The van der Waals surface area contributed by atoms with E-state index in [0.717, 1.165) is 31.5 Å². The summed E-state index contributed by atoms with van der Waals surface area (Å²) in [7, 11) is 6.87. The van der Waals surface area contributed by atoms with E-state index < -0.39 is 0 Å². The lowest BCUT2D eigenvalue weighted by Gasteiger charge is -2.28. The number of carbonyl (C=O) groups is 1. The van der Waals surface area contributed by atoms with E-state index in [9.17, 15) is 4.79 Å². The predicted octanol–water partition coefficient (Wildman–Crippen LogP) is 2.06. The lowest BCUT2D eigenvalue weighted by Crippen LogP contribution is -2.33. The maximum Gasteiger partial charge on any atom is 0.220 e. The fourth-order valence-corrected chi connectivity index (χ4v) is 3.10. The van der Waals surface area contributed by atoms with Gasteiger partial charge in [0, 0.05) is 18.5 Å². The van der Waals surface area contributed by atoms with E-state index >= 15 is 0 Å².